The summed E-state index contributed by atoms with van der Waals surface area (Å²) in [6.45, 7) is 4.42. The van der Waals surface area contributed by atoms with E-state index < -0.39 is 9.84 Å². The molecule has 0 saturated carbocycles. The molecule has 29 heavy (non-hydrogen) atoms. The van der Waals surface area contributed by atoms with E-state index in [1.54, 1.807) is 29.2 Å². The molecule has 1 aliphatic heterocycles. The number of hydrogen-bond acceptors (Lipinski definition) is 5. The van der Waals surface area contributed by atoms with Crippen molar-refractivity contribution < 1.29 is 22.7 Å². The number of sulfone groups is 1. The Morgan fingerprint density at radius 1 is 1.03 bits per heavy atom. The highest BCUT2D eigenvalue weighted by Crippen LogP contribution is 2.24. The normalized spacial score (nSPS) is 17.8. The molecule has 0 unspecified atom stereocenters. The molecule has 1 atom stereocenters. The fraction of sp³-hybridized carbons (Fsp3) is 0.409. The second kappa shape index (κ2) is 9.31. The zero-order valence-electron chi connectivity index (χ0n) is 16.8. The number of para-hydroxylation sites is 1. The van der Waals surface area contributed by atoms with E-state index in [1.165, 1.54) is 0 Å². The summed E-state index contributed by atoms with van der Waals surface area (Å²) in [5.74, 6) is 2.21. The Morgan fingerprint density at radius 3 is 2.24 bits per heavy atom. The van der Waals surface area contributed by atoms with Crippen LogP contribution in [0.2, 0.25) is 0 Å². The Bertz CT molecular complexity index is 910. The molecular formula is C22H27NO5S. The molecule has 2 aromatic carbocycles. The van der Waals surface area contributed by atoms with Gasteiger partial charge in [0.1, 0.15) is 17.2 Å². The van der Waals surface area contributed by atoms with Crippen molar-refractivity contribution in [3.63, 3.8) is 0 Å². The van der Waals surface area contributed by atoms with Crippen molar-refractivity contribution in [3.8, 4) is 17.2 Å². The van der Waals surface area contributed by atoms with Gasteiger partial charge in [0.15, 0.2) is 16.4 Å². The molecular weight excluding hydrogens is 390 g/mol. The second-order valence-electron chi connectivity index (χ2n) is 7.67. The molecule has 1 fully saturated rings. The van der Waals surface area contributed by atoms with E-state index in [9.17, 15) is 13.2 Å². The molecule has 1 amide bonds. The smallest absolute Gasteiger partial charge is 0.260 e. The molecule has 1 saturated heterocycles. The standard InChI is InChI=1S/C22H27NO5S/c1-17(2)14-23(18-12-13-29(25,26)16-18)22(24)15-27-19-8-10-21(11-9-19)28-20-6-4-3-5-7-20/h3-11,17-18H,12-16H2,1-2H3/t18-/m0/s1. The van der Waals surface area contributed by atoms with Crippen LogP contribution in [0.3, 0.4) is 0 Å². The topological polar surface area (TPSA) is 72.9 Å². The summed E-state index contributed by atoms with van der Waals surface area (Å²) in [4.78, 5) is 14.4. The summed E-state index contributed by atoms with van der Waals surface area (Å²) in [7, 11) is -3.06. The van der Waals surface area contributed by atoms with Crippen molar-refractivity contribution in [1.82, 2.24) is 4.90 Å². The summed E-state index contributed by atoms with van der Waals surface area (Å²) in [5.41, 5.74) is 0. The van der Waals surface area contributed by atoms with Crippen LogP contribution in [0.15, 0.2) is 54.6 Å². The van der Waals surface area contributed by atoms with Gasteiger partial charge in [0, 0.05) is 12.6 Å². The zero-order valence-corrected chi connectivity index (χ0v) is 17.6. The molecule has 3 rings (SSSR count). The average Bonchev–Trinajstić information content (AvgIpc) is 3.05. The number of ether oxygens (including phenoxy) is 2. The third kappa shape index (κ3) is 6.22. The first-order valence-electron chi connectivity index (χ1n) is 9.78. The van der Waals surface area contributed by atoms with Crippen LogP contribution in [0.5, 0.6) is 17.2 Å². The number of nitrogens with zero attached hydrogens (tertiary/aromatic N) is 1. The summed E-state index contributed by atoms with van der Waals surface area (Å²) in [6.07, 6.45) is 0.492. The minimum absolute atomic E-state index is 0.0387. The van der Waals surface area contributed by atoms with E-state index in [2.05, 4.69) is 0 Å². The largest absolute Gasteiger partial charge is 0.484 e. The molecule has 0 bridgehead atoms. The lowest BCUT2D eigenvalue weighted by Crippen LogP contribution is -2.45. The van der Waals surface area contributed by atoms with Gasteiger partial charge in [-0.05, 0) is 48.7 Å². The SMILES string of the molecule is CC(C)CN(C(=O)COc1ccc(Oc2ccccc2)cc1)[C@H]1CCS(=O)(=O)C1. The first-order valence-corrected chi connectivity index (χ1v) is 11.6. The van der Waals surface area contributed by atoms with Gasteiger partial charge in [-0.1, -0.05) is 32.0 Å². The fourth-order valence-corrected chi connectivity index (χ4v) is 5.06. The van der Waals surface area contributed by atoms with Gasteiger partial charge in [-0.2, -0.15) is 0 Å². The van der Waals surface area contributed by atoms with E-state index in [4.69, 9.17) is 9.47 Å². The quantitative estimate of drug-likeness (QED) is 0.657. The van der Waals surface area contributed by atoms with Gasteiger partial charge in [0.25, 0.3) is 5.91 Å². The summed E-state index contributed by atoms with van der Waals surface area (Å²) < 4.78 is 35.0. The molecule has 1 heterocycles. The Morgan fingerprint density at radius 2 is 1.66 bits per heavy atom. The van der Waals surface area contributed by atoms with Gasteiger partial charge in [-0.15, -0.1) is 0 Å². The maximum Gasteiger partial charge on any atom is 0.260 e. The molecule has 0 aliphatic carbocycles. The maximum absolute atomic E-state index is 12.7. The summed E-state index contributed by atoms with van der Waals surface area (Å²) >= 11 is 0. The highest BCUT2D eigenvalue weighted by atomic mass is 32.2. The van der Waals surface area contributed by atoms with Gasteiger partial charge in [-0.3, -0.25) is 4.79 Å². The third-order valence-corrected chi connectivity index (χ3v) is 6.45. The van der Waals surface area contributed by atoms with Crippen LogP contribution in [0.1, 0.15) is 20.3 Å². The lowest BCUT2D eigenvalue weighted by Gasteiger charge is -2.29. The van der Waals surface area contributed by atoms with Crippen molar-refractivity contribution in [2.75, 3.05) is 24.7 Å². The fourth-order valence-electron chi connectivity index (χ4n) is 3.33. The van der Waals surface area contributed by atoms with E-state index >= 15 is 0 Å². The summed E-state index contributed by atoms with van der Waals surface area (Å²) in [5, 5.41) is 0. The molecule has 1 aliphatic rings. The number of benzene rings is 2. The predicted molar refractivity (Wildman–Crippen MR) is 112 cm³/mol. The first kappa shape index (κ1) is 21.2. The molecule has 7 heteroatoms. The second-order valence-corrected chi connectivity index (χ2v) is 9.90. The van der Waals surface area contributed by atoms with Crippen LogP contribution in [-0.2, 0) is 14.6 Å². The van der Waals surface area contributed by atoms with Crippen molar-refractivity contribution >= 4 is 15.7 Å². The molecule has 6 nitrogen and oxygen atoms in total. The van der Waals surface area contributed by atoms with Crippen molar-refractivity contribution in [1.29, 1.82) is 0 Å². The number of hydrogen-bond donors (Lipinski definition) is 0. The molecule has 0 N–H and O–H groups in total. The van der Waals surface area contributed by atoms with Crippen molar-refractivity contribution in [3.05, 3.63) is 54.6 Å². The number of rotatable bonds is 8. The van der Waals surface area contributed by atoms with Crippen LogP contribution in [-0.4, -0.2) is 49.9 Å². The van der Waals surface area contributed by atoms with Crippen LogP contribution in [0.4, 0.5) is 0 Å². The Kier molecular flexibility index (Phi) is 6.79. The average molecular weight is 418 g/mol. The first-order chi connectivity index (χ1) is 13.8. The molecule has 0 aromatic heterocycles. The maximum atomic E-state index is 12.7. The highest BCUT2D eigenvalue weighted by molar-refractivity contribution is 7.91. The van der Waals surface area contributed by atoms with Gasteiger partial charge < -0.3 is 14.4 Å². The Hall–Kier alpha value is -2.54. The molecule has 0 spiro atoms. The third-order valence-electron chi connectivity index (χ3n) is 4.70. The minimum Gasteiger partial charge on any atom is -0.484 e. The van der Waals surface area contributed by atoms with Gasteiger partial charge in [0.05, 0.1) is 11.5 Å². The molecule has 0 radical (unpaired) electrons. The van der Waals surface area contributed by atoms with Gasteiger partial charge in [0.2, 0.25) is 0 Å². The lowest BCUT2D eigenvalue weighted by molar-refractivity contribution is -0.135. The van der Waals surface area contributed by atoms with E-state index in [-0.39, 0.29) is 36.0 Å². The van der Waals surface area contributed by atoms with Gasteiger partial charge >= 0.3 is 0 Å². The predicted octanol–water partition coefficient (Wildman–Crippen LogP) is 3.53. The van der Waals surface area contributed by atoms with Crippen molar-refractivity contribution in [2.24, 2.45) is 5.92 Å². The Labute approximate surface area is 172 Å². The summed E-state index contributed by atoms with van der Waals surface area (Å²) in [6, 6.07) is 16.3. The molecule has 156 valence electrons. The zero-order chi connectivity index (χ0) is 20.9. The number of carbonyl (C=O) groups excluding carboxylic acids is 1. The van der Waals surface area contributed by atoms with E-state index in [1.807, 2.05) is 44.2 Å². The van der Waals surface area contributed by atoms with Crippen LogP contribution in [0.25, 0.3) is 0 Å². The lowest BCUT2D eigenvalue weighted by atomic mass is 10.1. The van der Waals surface area contributed by atoms with Gasteiger partial charge in [-0.25, -0.2) is 8.42 Å². The van der Waals surface area contributed by atoms with Crippen LogP contribution >= 0.6 is 0 Å². The monoisotopic (exact) mass is 417 g/mol. The number of amides is 1. The number of carbonyl (C=O) groups is 1. The van der Waals surface area contributed by atoms with E-state index in [0.717, 1.165) is 5.75 Å². The van der Waals surface area contributed by atoms with E-state index in [0.29, 0.717) is 24.5 Å². The van der Waals surface area contributed by atoms with Crippen LogP contribution < -0.4 is 9.47 Å². The Balaban J connectivity index is 1.57. The molecule has 2 aromatic rings. The highest BCUT2D eigenvalue weighted by Gasteiger charge is 2.34. The van der Waals surface area contributed by atoms with Crippen molar-refractivity contribution in [2.45, 2.75) is 26.3 Å². The van der Waals surface area contributed by atoms with Crippen LogP contribution in [0, 0.1) is 5.92 Å². The minimum atomic E-state index is -3.06.